The summed E-state index contributed by atoms with van der Waals surface area (Å²) in [6.07, 6.45) is 0.462. The van der Waals surface area contributed by atoms with Crippen molar-refractivity contribution >= 4 is 75.2 Å². The first-order valence-corrected chi connectivity index (χ1v) is 25.0. The van der Waals surface area contributed by atoms with E-state index >= 15 is 0 Å². The van der Waals surface area contributed by atoms with Crippen LogP contribution in [-0.2, 0) is 50.4 Å². The number of hydrogen-bond donors (Lipinski definition) is 0. The summed E-state index contributed by atoms with van der Waals surface area (Å²) in [4.78, 5) is 52.0. The zero-order chi connectivity index (χ0) is 44.9. The molecule has 2 heterocycles. The highest BCUT2D eigenvalue weighted by Crippen LogP contribution is 2.42. The Morgan fingerprint density at radius 2 is 1.43 bits per heavy atom. The molecule has 2 unspecified atom stereocenters. The van der Waals surface area contributed by atoms with Gasteiger partial charge in [-0.05, 0) is 84.6 Å². The van der Waals surface area contributed by atoms with Gasteiger partial charge in [0.1, 0.15) is 28.1 Å². The van der Waals surface area contributed by atoms with Gasteiger partial charge in [0.2, 0.25) is 0 Å². The van der Waals surface area contributed by atoms with Gasteiger partial charge in [0.25, 0.3) is 0 Å². The van der Waals surface area contributed by atoms with E-state index in [0.29, 0.717) is 41.1 Å². The predicted octanol–water partition coefficient (Wildman–Crippen LogP) is 10.8. The number of carbonyl (C=O) groups excluding carboxylic acids is 4. The van der Waals surface area contributed by atoms with Gasteiger partial charge in [-0.25, -0.2) is 0 Å². The Kier molecular flexibility index (Phi) is 20.6. The van der Waals surface area contributed by atoms with E-state index in [1.165, 1.54) is 23.9 Å². The van der Waals surface area contributed by atoms with Gasteiger partial charge < -0.3 is 28.4 Å². The van der Waals surface area contributed by atoms with Gasteiger partial charge in [0, 0.05) is 28.9 Å². The summed E-state index contributed by atoms with van der Waals surface area (Å²) in [5.41, 5.74) is 0.867. The highest BCUT2D eigenvalue weighted by molar-refractivity contribution is 8.46. The van der Waals surface area contributed by atoms with E-state index in [1.807, 2.05) is 24.3 Å². The SMILES string of the molecule is CCSC(=S)SCc1ccccc1COC(=O)CC(C)(CC(C)C(=O)Oc1ccc(C=O)cc1)C(=O)OCSC[C@H]1O[C@H](O[C@H]2O[C@H](CC)[C@@H](C)[C@H](C)[C@H]2C)[C@H](C)[C@@H](C)[C@@H]1C. The summed E-state index contributed by atoms with van der Waals surface area (Å²) in [5, 5.41) is 0. The van der Waals surface area contributed by atoms with Crippen molar-refractivity contribution in [1.29, 1.82) is 0 Å². The van der Waals surface area contributed by atoms with Gasteiger partial charge in [-0.1, -0.05) is 98.8 Å². The van der Waals surface area contributed by atoms with Crippen molar-refractivity contribution < 1.29 is 47.6 Å². The largest absolute Gasteiger partial charge is 0.461 e. The molecule has 2 saturated heterocycles. The Labute approximate surface area is 381 Å². The van der Waals surface area contributed by atoms with E-state index in [2.05, 4.69) is 55.4 Å². The van der Waals surface area contributed by atoms with Crippen molar-refractivity contribution in [3.8, 4) is 5.75 Å². The Morgan fingerprint density at radius 1 is 0.820 bits per heavy atom. The summed E-state index contributed by atoms with van der Waals surface area (Å²) in [6.45, 7) is 20.8. The third-order valence-corrected chi connectivity index (χ3v) is 16.2. The van der Waals surface area contributed by atoms with Crippen LogP contribution in [0.25, 0.3) is 0 Å². The van der Waals surface area contributed by atoms with Crippen LogP contribution in [0.5, 0.6) is 5.75 Å². The van der Waals surface area contributed by atoms with Crippen molar-refractivity contribution in [2.45, 2.75) is 126 Å². The van der Waals surface area contributed by atoms with E-state index in [0.717, 1.165) is 26.8 Å². The Bertz CT molecular complexity index is 1760. The molecule has 2 aromatic rings. The number of carbonyl (C=O) groups is 4. The van der Waals surface area contributed by atoms with Crippen molar-refractivity contribution in [2.24, 2.45) is 46.8 Å². The zero-order valence-corrected chi connectivity index (χ0v) is 40.7. The molecule has 0 amide bonds. The van der Waals surface area contributed by atoms with Crippen LogP contribution in [0.2, 0.25) is 0 Å². The molecule has 0 bridgehead atoms. The van der Waals surface area contributed by atoms with Crippen LogP contribution < -0.4 is 4.74 Å². The quantitative estimate of drug-likeness (QED) is 0.0312. The van der Waals surface area contributed by atoms with Gasteiger partial charge in [-0.2, -0.15) is 0 Å². The van der Waals surface area contributed by atoms with Crippen LogP contribution in [0.4, 0.5) is 0 Å². The number of hydrogen-bond acceptors (Lipinski definition) is 14. The first kappa shape index (κ1) is 51.2. The van der Waals surface area contributed by atoms with Crippen molar-refractivity contribution in [2.75, 3.05) is 17.4 Å². The molecule has 0 saturated carbocycles. The molecular formula is C47H66O10S4. The fraction of sp³-hybridized carbons (Fsp3) is 0.638. The second-order valence-electron chi connectivity index (χ2n) is 17.1. The Balaban J connectivity index is 1.40. The number of thioether (sulfide) groups is 3. The molecule has 4 rings (SSSR count). The number of aldehydes is 1. The molecule has 2 aliphatic heterocycles. The minimum atomic E-state index is -1.42. The normalized spacial score (nSPS) is 27.9. The lowest BCUT2D eigenvalue weighted by atomic mass is 9.78. The average molecular weight is 919 g/mol. The van der Waals surface area contributed by atoms with Gasteiger partial charge in [-0.3, -0.25) is 19.2 Å². The van der Waals surface area contributed by atoms with E-state index in [-0.39, 0.29) is 67.4 Å². The Hall–Kier alpha value is -2.46. The first-order valence-electron chi connectivity index (χ1n) is 21.5. The Morgan fingerprint density at radius 3 is 2.03 bits per heavy atom. The van der Waals surface area contributed by atoms with Gasteiger partial charge in [-0.15, -0.1) is 35.3 Å². The van der Waals surface area contributed by atoms with Crippen molar-refractivity contribution in [3.63, 3.8) is 0 Å². The molecule has 14 heteroatoms. The van der Waals surface area contributed by atoms with Crippen LogP contribution in [0.3, 0.4) is 0 Å². The van der Waals surface area contributed by atoms with Gasteiger partial charge >= 0.3 is 17.9 Å². The zero-order valence-electron chi connectivity index (χ0n) is 37.4. The van der Waals surface area contributed by atoms with Gasteiger partial charge in [0.05, 0.1) is 30.0 Å². The molecule has 0 aliphatic carbocycles. The number of benzene rings is 2. The highest BCUT2D eigenvalue weighted by atomic mass is 32.2. The summed E-state index contributed by atoms with van der Waals surface area (Å²) in [6, 6.07) is 13.9. The third-order valence-electron chi connectivity index (χ3n) is 12.7. The van der Waals surface area contributed by atoms with E-state index in [4.69, 9.17) is 40.6 Å². The number of esters is 3. The molecule has 2 fully saturated rings. The maximum atomic E-state index is 14.0. The molecule has 12 atom stereocenters. The molecule has 0 radical (unpaired) electrons. The molecule has 338 valence electrons. The fourth-order valence-electron chi connectivity index (χ4n) is 7.99. The second-order valence-corrected chi connectivity index (χ2v) is 21.5. The average Bonchev–Trinajstić information content (AvgIpc) is 3.24. The molecular weight excluding hydrogens is 853 g/mol. The van der Waals surface area contributed by atoms with E-state index in [9.17, 15) is 19.2 Å². The summed E-state index contributed by atoms with van der Waals surface area (Å²) in [5.74, 6) is 1.58. The standard InChI is InChI=1S/C47H66O10S4/c1-11-39-31(6)29(4)33(8)43(55-39)57-44-34(9)30(5)32(7)40(56-44)26-59-27-53-45(51)47(10,21-28(3)42(50)54-38-19-17-35(23-48)18-20-38)22-41(49)52-24-36-15-13-14-16-37(36)25-61-46(58)60-12-2/h13-20,23,28-34,39-40,43-44H,11-12,21-22,24-27H2,1-10H3/t28?,29-,30-,31-,32-,33+,34+,39+,40+,43+,44+,47?/m0/s1. The topological polar surface area (TPSA) is 124 Å². The summed E-state index contributed by atoms with van der Waals surface area (Å²) in [7, 11) is 0. The van der Waals surface area contributed by atoms with Crippen LogP contribution in [-0.4, -0.2) is 70.0 Å². The van der Waals surface area contributed by atoms with Gasteiger partial charge in [0.15, 0.2) is 12.6 Å². The predicted molar refractivity (Wildman–Crippen MR) is 249 cm³/mol. The molecule has 0 N–H and O–H groups in total. The number of rotatable bonds is 20. The lowest BCUT2D eigenvalue weighted by molar-refractivity contribution is -0.338. The molecule has 0 aromatic heterocycles. The maximum Gasteiger partial charge on any atom is 0.314 e. The number of ether oxygens (including phenoxy) is 6. The lowest BCUT2D eigenvalue weighted by Gasteiger charge is -2.48. The minimum Gasteiger partial charge on any atom is -0.461 e. The molecule has 2 aliphatic rings. The summed E-state index contributed by atoms with van der Waals surface area (Å²) >= 11 is 10.1. The summed E-state index contributed by atoms with van der Waals surface area (Å²) < 4.78 is 37.8. The van der Waals surface area contributed by atoms with Crippen LogP contribution in [0.15, 0.2) is 48.5 Å². The molecule has 0 spiro atoms. The van der Waals surface area contributed by atoms with Crippen LogP contribution >= 0.6 is 47.5 Å². The third kappa shape index (κ3) is 14.5. The lowest BCUT2D eigenvalue weighted by Crippen LogP contribution is -2.52. The smallest absolute Gasteiger partial charge is 0.314 e. The molecule has 2 aromatic carbocycles. The van der Waals surface area contributed by atoms with Crippen LogP contribution in [0.1, 0.15) is 110 Å². The van der Waals surface area contributed by atoms with E-state index in [1.54, 1.807) is 49.5 Å². The fourth-order valence-corrected chi connectivity index (χ4v) is 11.1. The van der Waals surface area contributed by atoms with Crippen LogP contribution in [0, 0.1) is 46.8 Å². The maximum absolute atomic E-state index is 14.0. The minimum absolute atomic E-state index is 0.0169. The van der Waals surface area contributed by atoms with Crippen molar-refractivity contribution in [3.05, 3.63) is 65.2 Å². The second kappa shape index (κ2) is 24.6. The monoisotopic (exact) mass is 918 g/mol. The molecule has 10 nitrogen and oxygen atoms in total. The highest BCUT2D eigenvalue weighted by Gasteiger charge is 2.45. The number of thiocarbonyl (C=S) groups is 1. The van der Waals surface area contributed by atoms with Crippen molar-refractivity contribution in [1.82, 2.24) is 0 Å². The molecule has 61 heavy (non-hydrogen) atoms. The first-order chi connectivity index (χ1) is 29.0. The van der Waals surface area contributed by atoms with E-state index < -0.39 is 35.5 Å².